The molecule has 0 fully saturated rings. The van der Waals surface area contributed by atoms with E-state index in [2.05, 4.69) is 15.4 Å². The summed E-state index contributed by atoms with van der Waals surface area (Å²) in [6.07, 6.45) is 3.83. The Morgan fingerprint density at radius 3 is 2.71 bits per heavy atom. The molecule has 1 heterocycles. The summed E-state index contributed by atoms with van der Waals surface area (Å²) in [4.78, 5) is 13.4. The number of anilines is 2. The molecule has 0 saturated carbocycles. The van der Waals surface area contributed by atoms with Crippen LogP contribution in [0.3, 0.4) is 0 Å². The van der Waals surface area contributed by atoms with Gasteiger partial charge in [-0.15, -0.1) is 11.3 Å². The summed E-state index contributed by atoms with van der Waals surface area (Å²) in [6, 6.07) is 4.87. The van der Waals surface area contributed by atoms with Gasteiger partial charge in [0, 0.05) is 4.88 Å². The molecule has 1 aromatic carbocycles. The van der Waals surface area contributed by atoms with E-state index in [1.54, 1.807) is 19.1 Å². The van der Waals surface area contributed by atoms with Gasteiger partial charge in [-0.3, -0.25) is 0 Å². The van der Waals surface area contributed by atoms with E-state index in [-0.39, 0.29) is 10.9 Å². The van der Waals surface area contributed by atoms with Crippen LogP contribution in [0.2, 0.25) is 0 Å². The van der Waals surface area contributed by atoms with Crippen molar-refractivity contribution in [2.24, 2.45) is 0 Å². The van der Waals surface area contributed by atoms with Crippen molar-refractivity contribution in [3.8, 4) is 5.75 Å². The number of nitrogens with one attached hydrogen (secondary N) is 2. The molecule has 0 atom stereocenters. The molecule has 1 aliphatic carbocycles. The summed E-state index contributed by atoms with van der Waals surface area (Å²) in [5.41, 5.74) is 2.59. The zero-order valence-electron chi connectivity index (χ0n) is 15.4. The van der Waals surface area contributed by atoms with Crippen LogP contribution in [0.4, 0.5) is 19.5 Å². The second-order valence-electron chi connectivity index (χ2n) is 6.36. The van der Waals surface area contributed by atoms with Gasteiger partial charge in [-0.05, 0) is 68.1 Å². The molecule has 9 heteroatoms. The smallest absolute Gasteiger partial charge is 0.387 e. The summed E-state index contributed by atoms with van der Waals surface area (Å²) in [5.74, 6) is -0.417. The van der Waals surface area contributed by atoms with Gasteiger partial charge >= 0.3 is 12.6 Å². The lowest BCUT2D eigenvalue weighted by molar-refractivity contribution is -0.0493. The van der Waals surface area contributed by atoms with E-state index in [0.717, 1.165) is 41.7 Å². The van der Waals surface area contributed by atoms with E-state index in [4.69, 9.17) is 17.0 Å². The molecule has 0 aliphatic heterocycles. The Labute approximate surface area is 171 Å². The molecule has 5 nitrogen and oxygen atoms in total. The number of carbonyl (C=O) groups is 1. The number of ether oxygens (including phenoxy) is 2. The van der Waals surface area contributed by atoms with Crippen LogP contribution in [0.25, 0.3) is 0 Å². The van der Waals surface area contributed by atoms with Crippen LogP contribution in [0, 0.1) is 6.92 Å². The number of methoxy groups -OCH3 is 1. The van der Waals surface area contributed by atoms with Crippen LogP contribution in [0.5, 0.6) is 5.75 Å². The molecule has 1 aromatic heterocycles. The fourth-order valence-corrected chi connectivity index (χ4v) is 4.71. The third-order valence-corrected chi connectivity index (χ3v) is 5.80. The average Bonchev–Trinajstić information content (AvgIpc) is 3.00. The van der Waals surface area contributed by atoms with Crippen molar-refractivity contribution < 1.29 is 23.0 Å². The number of thiocarbonyl (C=S) groups is 1. The van der Waals surface area contributed by atoms with Gasteiger partial charge < -0.3 is 20.1 Å². The highest BCUT2D eigenvalue weighted by Gasteiger charge is 2.26. The summed E-state index contributed by atoms with van der Waals surface area (Å²) >= 11 is 6.81. The van der Waals surface area contributed by atoms with Crippen molar-refractivity contribution in [3.63, 3.8) is 0 Å². The van der Waals surface area contributed by atoms with E-state index in [1.807, 2.05) is 0 Å². The average molecular weight is 427 g/mol. The van der Waals surface area contributed by atoms with E-state index in [0.29, 0.717) is 16.3 Å². The van der Waals surface area contributed by atoms with Crippen molar-refractivity contribution in [2.45, 2.75) is 39.2 Å². The molecule has 2 aromatic rings. The van der Waals surface area contributed by atoms with E-state index < -0.39 is 12.6 Å². The third kappa shape index (κ3) is 4.59. The maximum Gasteiger partial charge on any atom is 0.387 e. The minimum absolute atomic E-state index is 0.00202. The van der Waals surface area contributed by atoms with E-state index in [1.165, 1.54) is 24.5 Å². The molecule has 3 rings (SSSR count). The molecule has 0 spiro atoms. The van der Waals surface area contributed by atoms with Crippen LogP contribution < -0.4 is 15.4 Å². The first-order valence-corrected chi connectivity index (χ1v) is 9.98. The van der Waals surface area contributed by atoms with Crippen molar-refractivity contribution >= 4 is 45.3 Å². The number of alkyl halides is 2. The maximum absolute atomic E-state index is 12.7. The molecule has 1 aliphatic rings. The lowest BCUT2D eigenvalue weighted by Crippen LogP contribution is -2.21. The Morgan fingerprint density at radius 2 is 2.00 bits per heavy atom. The van der Waals surface area contributed by atoms with Crippen LogP contribution in [-0.2, 0) is 17.6 Å². The Balaban J connectivity index is 1.83. The number of halogens is 2. The number of hydrogen-bond acceptors (Lipinski definition) is 5. The minimum Gasteiger partial charge on any atom is -0.465 e. The van der Waals surface area contributed by atoms with Crippen LogP contribution >= 0.6 is 23.6 Å². The summed E-state index contributed by atoms with van der Waals surface area (Å²) in [7, 11) is 1.34. The second kappa shape index (κ2) is 8.83. The Kier molecular flexibility index (Phi) is 6.46. The highest BCUT2D eigenvalue weighted by atomic mass is 32.1. The van der Waals surface area contributed by atoms with Gasteiger partial charge in [0.25, 0.3) is 0 Å². The zero-order valence-corrected chi connectivity index (χ0v) is 17.1. The third-order valence-electron chi connectivity index (χ3n) is 4.39. The number of esters is 1. The van der Waals surface area contributed by atoms with Crippen molar-refractivity contribution in [1.82, 2.24) is 0 Å². The van der Waals surface area contributed by atoms with Gasteiger partial charge in [0.2, 0.25) is 0 Å². The number of hydrogen-bond donors (Lipinski definition) is 2. The predicted molar refractivity (Wildman–Crippen MR) is 110 cm³/mol. The SMILES string of the molecule is COC(=O)c1c(NC(=S)Nc2ccc(C)cc2OC(F)F)sc2c1CCCC2. The molecule has 28 heavy (non-hydrogen) atoms. The molecule has 0 radical (unpaired) electrons. The highest BCUT2D eigenvalue weighted by Crippen LogP contribution is 2.38. The van der Waals surface area contributed by atoms with Gasteiger partial charge in [-0.2, -0.15) is 8.78 Å². The number of fused-ring (bicyclic) bond motifs is 1. The van der Waals surface area contributed by atoms with Gasteiger partial charge in [-0.25, -0.2) is 4.79 Å². The quantitative estimate of drug-likeness (QED) is 0.510. The zero-order chi connectivity index (χ0) is 20.3. The fourth-order valence-electron chi connectivity index (χ4n) is 3.15. The lowest BCUT2D eigenvalue weighted by Gasteiger charge is -2.15. The van der Waals surface area contributed by atoms with E-state index in [9.17, 15) is 13.6 Å². The number of carbonyl (C=O) groups excluding carboxylic acids is 1. The maximum atomic E-state index is 12.7. The minimum atomic E-state index is -2.95. The van der Waals surface area contributed by atoms with Crippen molar-refractivity contribution in [1.29, 1.82) is 0 Å². The Morgan fingerprint density at radius 1 is 1.25 bits per heavy atom. The van der Waals surface area contributed by atoms with Crippen molar-refractivity contribution in [2.75, 3.05) is 17.7 Å². The highest BCUT2D eigenvalue weighted by molar-refractivity contribution is 7.80. The summed E-state index contributed by atoms with van der Waals surface area (Å²) in [5, 5.41) is 6.66. The standard InChI is InChI=1S/C19H20F2N2O3S2/c1-10-7-8-12(13(9-10)26-18(20)21)22-19(27)23-16-15(17(24)25-2)11-5-3-4-6-14(11)28-16/h7-9,18H,3-6H2,1-2H3,(H2,22,23,27). The molecule has 0 unspecified atom stereocenters. The number of rotatable bonds is 5. The largest absolute Gasteiger partial charge is 0.465 e. The topological polar surface area (TPSA) is 59.6 Å². The molecular weight excluding hydrogens is 406 g/mol. The fraction of sp³-hybridized carbons (Fsp3) is 0.368. The first-order chi connectivity index (χ1) is 13.4. The van der Waals surface area contributed by atoms with E-state index >= 15 is 0 Å². The second-order valence-corrected chi connectivity index (χ2v) is 7.88. The molecule has 2 N–H and O–H groups in total. The number of thiophene rings is 1. The molecule has 0 amide bonds. The van der Waals surface area contributed by atoms with Gasteiger partial charge in [-0.1, -0.05) is 6.07 Å². The first-order valence-electron chi connectivity index (χ1n) is 8.75. The molecule has 150 valence electrons. The predicted octanol–water partition coefficient (Wildman–Crippen LogP) is 5.13. The lowest BCUT2D eigenvalue weighted by atomic mass is 9.95. The Hall–Kier alpha value is -2.26. The molecular formula is C19H20F2N2O3S2. The van der Waals surface area contributed by atoms with Gasteiger partial charge in [0.15, 0.2) is 5.11 Å². The van der Waals surface area contributed by atoms with Crippen molar-refractivity contribution in [3.05, 3.63) is 39.8 Å². The van der Waals surface area contributed by atoms with Crippen LogP contribution in [0.15, 0.2) is 18.2 Å². The monoisotopic (exact) mass is 426 g/mol. The summed E-state index contributed by atoms with van der Waals surface area (Å²) < 4.78 is 34.9. The molecule has 0 saturated heterocycles. The van der Waals surface area contributed by atoms with Gasteiger partial charge in [0.1, 0.15) is 10.8 Å². The van der Waals surface area contributed by atoms with Crippen LogP contribution in [0.1, 0.15) is 39.2 Å². The number of benzene rings is 1. The number of aryl methyl sites for hydroxylation is 2. The Bertz CT molecular complexity index is 900. The van der Waals surface area contributed by atoms with Crippen LogP contribution in [-0.4, -0.2) is 24.8 Å². The first kappa shape index (κ1) is 20.5. The molecule has 0 bridgehead atoms. The van der Waals surface area contributed by atoms with Gasteiger partial charge in [0.05, 0.1) is 18.4 Å². The normalized spacial score (nSPS) is 13.0. The summed E-state index contributed by atoms with van der Waals surface area (Å²) in [6.45, 7) is -1.17.